The molecule has 8 heteroatoms. The van der Waals surface area contributed by atoms with Crippen molar-refractivity contribution in [2.75, 3.05) is 13.2 Å². The predicted octanol–water partition coefficient (Wildman–Crippen LogP) is 5.67. The molecule has 4 rings (SSSR count). The van der Waals surface area contributed by atoms with Gasteiger partial charge in [-0.15, -0.1) is 0 Å². The standard InChI is InChI=1S/C22H21Cl3N2O3/c23-17-3-5-19(6-4-17)28-12-20-13-29-22(30-20,14-27-10-9-26-15-27)8-7-16-1-2-18(24)11-21(16)25/h1-6,9-11,15,20H,7-8,12-14H2. The Morgan fingerprint density at radius 1 is 1.10 bits per heavy atom. The van der Waals surface area contributed by atoms with E-state index in [4.69, 9.17) is 49.0 Å². The molecule has 2 heterocycles. The van der Waals surface area contributed by atoms with Crippen molar-refractivity contribution in [3.05, 3.63) is 81.8 Å². The highest BCUT2D eigenvalue weighted by Gasteiger charge is 2.42. The average molecular weight is 468 g/mol. The number of aryl methyl sites for hydroxylation is 1. The lowest BCUT2D eigenvalue weighted by molar-refractivity contribution is -0.184. The van der Waals surface area contributed by atoms with Crippen molar-refractivity contribution in [3.8, 4) is 5.75 Å². The van der Waals surface area contributed by atoms with E-state index in [1.807, 2.05) is 35.0 Å². The number of rotatable bonds is 8. The second-order valence-electron chi connectivity index (χ2n) is 7.20. The Labute approximate surface area is 190 Å². The lowest BCUT2D eigenvalue weighted by Crippen LogP contribution is -2.37. The summed E-state index contributed by atoms with van der Waals surface area (Å²) in [6.45, 7) is 1.35. The van der Waals surface area contributed by atoms with Gasteiger partial charge in [0.1, 0.15) is 18.5 Å². The van der Waals surface area contributed by atoms with Crippen LogP contribution in [0.1, 0.15) is 12.0 Å². The van der Waals surface area contributed by atoms with Gasteiger partial charge in [-0.1, -0.05) is 40.9 Å². The van der Waals surface area contributed by atoms with E-state index in [1.165, 1.54) is 0 Å². The minimum atomic E-state index is -0.794. The van der Waals surface area contributed by atoms with Crippen molar-refractivity contribution >= 4 is 34.8 Å². The van der Waals surface area contributed by atoms with E-state index < -0.39 is 5.79 Å². The Morgan fingerprint density at radius 3 is 2.63 bits per heavy atom. The number of ether oxygens (including phenoxy) is 3. The molecule has 158 valence electrons. The summed E-state index contributed by atoms with van der Waals surface area (Å²) in [5.41, 5.74) is 0.999. The average Bonchev–Trinajstić information content (AvgIpc) is 3.38. The van der Waals surface area contributed by atoms with Gasteiger partial charge in [-0.25, -0.2) is 4.98 Å². The number of hydrogen-bond donors (Lipinski definition) is 0. The van der Waals surface area contributed by atoms with E-state index >= 15 is 0 Å². The number of nitrogens with zero attached hydrogens (tertiary/aromatic N) is 2. The van der Waals surface area contributed by atoms with Crippen molar-refractivity contribution < 1.29 is 14.2 Å². The SMILES string of the molecule is Clc1ccc(OCC2COC(CCc3ccc(Cl)cc3Cl)(Cn3ccnc3)O2)cc1. The zero-order valence-corrected chi connectivity index (χ0v) is 18.4. The quantitative estimate of drug-likeness (QED) is 0.428. The lowest BCUT2D eigenvalue weighted by atomic mass is 10.0. The topological polar surface area (TPSA) is 45.5 Å². The van der Waals surface area contributed by atoms with Crippen LogP contribution in [-0.4, -0.2) is 34.7 Å². The van der Waals surface area contributed by atoms with Crippen LogP contribution in [0.4, 0.5) is 0 Å². The highest BCUT2D eigenvalue weighted by atomic mass is 35.5. The van der Waals surface area contributed by atoms with E-state index in [0.29, 0.717) is 47.7 Å². The summed E-state index contributed by atoms with van der Waals surface area (Å²) in [4.78, 5) is 4.12. The summed E-state index contributed by atoms with van der Waals surface area (Å²) in [6.07, 6.45) is 6.51. The van der Waals surface area contributed by atoms with Gasteiger partial charge < -0.3 is 18.8 Å². The van der Waals surface area contributed by atoms with Gasteiger partial charge in [0.25, 0.3) is 0 Å². The molecule has 0 saturated carbocycles. The highest BCUT2D eigenvalue weighted by molar-refractivity contribution is 6.35. The van der Waals surface area contributed by atoms with Gasteiger partial charge in [0.15, 0.2) is 5.79 Å². The Hall–Kier alpha value is -1.76. The summed E-state index contributed by atoms with van der Waals surface area (Å²) in [5.74, 6) is -0.0550. The van der Waals surface area contributed by atoms with E-state index in [9.17, 15) is 0 Å². The second-order valence-corrected chi connectivity index (χ2v) is 8.48. The van der Waals surface area contributed by atoms with E-state index in [-0.39, 0.29) is 6.10 Å². The molecule has 1 aliphatic heterocycles. The van der Waals surface area contributed by atoms with E-state index in [1.54, 1.807) is 30.7 Å². The molecular weight excluding hydrogens is 447 g/mol. The molecule has 0 aliphatic carbocycles. The van der Waals surface area contributed by atoms with Gasteiger partial charge in [-0.2, -0.15) is 0 Å². The van der Waals surface area contributed by atoms with Crippen molar-refractivity contribution in [2.45, 2.75) is 31.3 Å². The Morgan fingerprint density at radius 2 is 1.90 bits per heavy atom. The van der Waals surface area contributed by atoms with Crippen LogP contribution in [0, 0.1) is 0 Å². The first-order valence-electron chi connectivity index (χ1n) is 9.61. The van der Waals surface area contributed by atoms with Gasteiger partial charge in [-0.3, -0.25) is 0 Å². The van der Waals surface area contributed by atoms with Crippen molar-refractivity contribution in [1.82, 2.24) is 9.55 Å². The zero-order valence-electron chi connectivity index (χ0n) is 16.1. The zero-order chi connectivity index (χ0) is 21.0. The third-order valence-electron chi connectivity index (χ3n) is 4.94. The molecule has 2 unspecified atom stereocenters. The number of hydrogen-bond acceptors (Lipinski definition) is 4. The molecule has 0 bridgehead atoms. The number of aromatic nitrogens is 2. The molecule has 2 atom stereocenters. The molecule has 0 spiro atoms. The maximum atomic E-state index is 6.36. The first-order valence-corrected chi connectivity index (χ1v) is 10.7. The second kappa shape index (κ2) is 9.58. The molecule has 3 aromatic rings. The van der Waals surface area contributed by atoms with Crippen LogP contribution in [0.5, 0.6) is 5.75 Å². The fourth-order valence-electron chi connectivity index (χ4n) is 3.42. The first-order chi connectivity index (χ1) is 14.5. The minimum Gasteiger partial charge on any atom is -0.491 e. The van der Waals surface area contributed by atoms with E-state index in [2.05, 4.69) is 4.98 Å². The van der Waals surface area contributed by atoms with Crippen LogP contribution in [0.15, 0.2) is 61.2 Å². The van der Waals surface area contributed by atoms with Crippen LogP contribution in [0.25, 0.3) is 0 Å². The molecule has 1 fully saturated rings. The smallest absolute Gasteiger partial charge is 0.187 e. The summed E-state index contributed by atoms with van der Waals surface area (Å²) >= 11 is 18.3. The Balaban J connectivity index is 1.42. The van der Waals surface area contributed by atoms with E-state index in [0.717, 1.165) is 11.3 Å². The summed E-state index contributed by atoms with van der Waals surface area (Å²) < 4.78 is 20.3. The van der Waals surface area contributed by atoms with Crippen molar-refractivity contribution in [1.29, 1.82) is 0 Å². The number of benzene rings is 2. The summed E-state index contributed by atoms with van der Waals surface area (Å²) in [6, 6.07) is 12.8. The van der Waals surface area contributed by atoms with Crippen molar-refractivity contribution in [2.24, 2.45) is 0 Å². The highest BCUT2D eigenvalue weighted by Crippen LogP contribution is 2.33. The molecule has 0 N–H and O–H groups in total. The minimum absolute atomic E-state index is 0.190. The molecular formula is C22H21Cl3N2O3. The number of imidazole rings is 1. The molecule has 1 aromatic heterocycles. The van der Waals surface area contributed by atoms with Gasteiger partial charge in [-0.05, 0) is 48.4 Å². The maximum Gasteiger partial charge on any atom is 0.187 e. The molecule has 0 amide bonds. The van der Waals surface area contributed by atoms with Gasteiger partial charge >= 0.3 is 0 Å². The maximum absolute atomic E-state index is 6.36. The summed E-state index contributed by atoms with van der Waals surface area (Å²) in [5, 5.41) is 1.92. The predicted molar refractivity (Wildman–Crippen MR) is 118 cm³/mol. The van der Waals surface area contributed by atoms with Crippen LogP contribution >= 0.6 is 34.8 Å². The Kier molecular flexibility index (Phi) is 6.86. The molecule has 30 heavy (non-hydrogen) atoms. The molecule has 2 aromatic carbocycles. The largest absolute Gasteiger partial charge is 0.491 e. The third kappa shape index (κ3) is 5.48. The fourth-order valence-corrected chi connectivity index (χ4v) is 4.05. The molecule has 0 radical (unpaired) electrons. The molecule has 5 nitrogen and oxygen atoms in total. The van der Waals surface area contributed by atoms with Crippen LogP contribution in [0.3, 0.4) is 0 Å². The van der Waals surface area contributed by atoms with Gasteiger partial charge in [0, 0.05) is 33.9 Å². The van der Waals surface area contributed by atoms with Gasteiger partial charge in [0.05, 0.1) is 19.5 Å². The molecule has 1 saturated heterocycles. The fraction of sp³-hybridized carbons (Fsp3) is 0.318. The lowest BCUT2D eigenvalue weighted by Gasteiger charge is -2.29. The first kappa shape index (κ1) is 21.5. The van der Waals surface area contributed by atoms with Crippen LogP contribution < -0.4 is 4.74 Å². The Bertz CT molecular complexity index is 966. The molecule has 1 aliphatic rings. The van der Waals surface area contributed by atoms with Crippen LogP contribution in [0.2, 0.25) is 15.1 Å². The van der Waals surface area contributed by atoms with Crippen LogP contribution in [-0.2, 0) is 22.4 Å². The normalized spacial score (nSPS) is 21.1. The van der Waals surface area contributed by atoms with Gasteiger partial charge in [0.2, 0.25) is 0 Å². The van der Waals surface area contributed by atoms with Crippen molar-refractivity contribution in [3.63, 3.8) is 0 Å². The number of halogens is 3. The monoisotopic (exact) mass is 466 g/mol. The summed E-state index contributed by atoms with van der Waals surface area (Å²) in [7, 11) is 0. The third-order valence-corrected chi connectivity index (χ3v) is 5.78.